The monoisotopic (exact) mass is 313 g/mol. The fourth-order valence-electron chi connectivity index (χ4n) is 2.11. The molecule has 0 aliphatic carbocycles. The number of carbonyl (C=O) groups is 1. The van der Waals surface area contributed by atoms with Crippen LogP contribution in [0.5, 0.6) is 0 Å². The number of methoxy groups -OCH3 is 1. The standard InChI is InChI=1S/C16H27NO5/c1-3-6-16(19)22-13-14(18)11-17(8-5-9-20-2)12-15-7-4-10-21-15/h4,7,10,14,18H,3,5-6,8-9,11-13H2,1-2H3/t14-/m0/s1. The van der Waals surface area contributed by atoms with Crippen LogP contribution in [0.3, 0.4) is 0 Å². The lowest BCUT2D eigenvalue weighted by molar-refractivity contribution is -0.147. The van der Waals surface area contributed by atoms with Crippen molar-refractivity contribution < 1.29 is 23.8 Å². The summed E-state index contributed by atoms with van der Waals surface area (Å²) in [4.78, 5) is 13.4. The van der Waals surface area contributed by atoms with Gasteiger partial charge in [-0.2, -0.15) is 0 Å². The zero-order valence-electron chi connectivity index (χ0n) is 13.5. The number of esters is 1. The lowest BCUT2D eigenvalue weighted by atomic mass is 10.3. The van der Waals surface area contributed by atoms with E-state index in [0.29, 0.717) is 26.1 Å². The number of aliphatic hydroxyl groups excluding tert-OH is 1. The van der Waals surface area contributed by atoms with E-state index in [9.17, 15) is 9.90 Å². The Bertz CT molecular complexity index is 393. The number of nitrogens with zero attached hydrogens (tertiary/aromatic N) is 1. The van der Waals surface area contributed by atoms with E-state index < -0.39 is 6.10 Å². The van der Waals surface area contributed by atoms with Crippen LogP contribution >= 0.6 is 0 Å². The first-order valence-electron chi connectivity index (χ1n) is 7.73. The molecule has 1 aromatic heterocycles. The summed E-state index contributed by atoms with van der Waals surface area (Å²) in [6.07, 6.45) is 2.91. The predicted octanol–water partition coefficient (Wildman–Crippen LogP) is 1.82. The number of hydrogen-bond acceptors (Lipinski definition) is 6. The normalized spacial score (nSPS) is 12.5. The van der Waals surface area contributed by atoms with Crippen molar-refractivity contribution >= 4 is 5.97 Å². The van der Waals surface area contributed by atoms with E-state index in [0.717, 1.165) is 25.1 Å². The van der Waals surface area contributed by atoms with E-state index in [1.165, 1.54) is 0 Å². The minimum absolute atomic E-state index is 0.0256. The zero-order valence-corrected chi connectivity index (χ0v) is 13.5. The third-order valence-electron chi connectivity index (χ3n) is 3.14. The average molecular weight is 313 g/mol. The van der Waals surface area contributed by atoms with Crippen LogP contribution in [0.15, 0.2) is 22.8 Å². The van der Waals surface area contributed by atoms with Gasteiger partial charge in [-0.3, -0.25) is 9.69 Å². The quantitative estimate of drug-likeness (QED) is 0.469. The molecule has 0 saturated carbocycles. The summed E-state index contributed by atoms with van der Waals surface area (Å²) in [5.74, 6) is 0.575. The molecule has 0 aliphatic heterocycles. The SMILES string of the molecule is CCCC(=O)OC[C@@H](O)CN(CCCOC)Cc1ccco1. The summed E-state index contributed by atoms with van der Waals surface area (Å²) < 4.78 is 15.4. The van der Waals surface area contributed by atoms with E-state index in [4.69, 9.17) is 13.9 Å². The molecule has 1 rings (SSSR count). The third-order valence-corrected chi connectivity index (χ3v) is 3.14. The van der Waals surface area contributed by atoms with Gasteiger partial charge in [-0.25, -0.2) is 0 Å². The van der Waals surface area contributed by atoms with E-state index in [-0.39, 0.29) is 12.6 Å². The van der Waals surface area contributed by atoms with Crippen LogP contribution in [0.2, 0.25) is 0 Å². The van der Waals surface area contributed by atoms with Gasteiger partial charge in [-0.1, -0.05) is 6.92 Å². The second-order valence-electron chi connectivity index (χ2n) is 5.25. The number of carbonyl (C=O) groups excluding carboxylic acids is 1. The van der Waals surface area contributed by atoms with Gasteiger partial charge in [0.15, 0.2) is 0 Å². The predicted molar refractivity (Wildman–Crippen MR) is 82.4 cm³/mol. The minimum Gasteiger partial charge on any atom is -0.468 e. The highest BCUT2D eigenvalue weighted by molar-refractivity contribution is 5.69. The summed E-state index contributed by atoms with van der Waals surface area (Å²) in [7, 11) is 1.67. The summed E-state index contributed by atoms with van der Waals surface area (Å²) in [5.41, 5.74) is 0. The molecule has 0 radical (unpaired) electrons. The Balaban J connectivity index is 2.39. The van der Waals surface area contributed by atoms with E-state index in [1.807, 2.05) is 19.1 Å². The zero-order chi connectivity index (χ0) is 16.2. The van der Waals surface area contributed by atoms with Crippen molar-refractivity contribution in [2.45, 2.75) is 38.8 Å². The molecule has 0 bridgehead atoms. The number of rotatable bonds is 12. The molecule has 6 heteroatoms. The van der Waals surface area contributed by atoms with Gasteiger partial charge in [-0.05, 0) is 25.0 Å². The van der Waals surface area contributed by atoms with Gasteiger partial charge >= 0.3 is 5.97 Å². The van der Waals surface area contributed by atoms with Crippen LogP contribution in [0.25, 0.3) is 0 Å². The van der Waals surface area contributed by atoms with Gasteiger partial charge in [0.1, 0.15) is 18.5 Å². The number of aliphatic hydroxyl groups is 1. The molecule has 0 unspecified atom stereocenters. The van der Waals surface area contributed by atoms with Gasteiger partial charge in [0.25, 0.3) is 0 Å². The molecule has 1 aromatic rings. The molecular formula is C16H27NO5. The molecule has 0 saturated heterocycles. The van der Waals surface area contributed by atoms with Crippen LogP contribution in [0.1, 0.15) is 31.9 Å². The maximum absolute atomic E-state index is 11.3. The summed E-state index contributed by atoms with van der Waals surface area (Å²) in [6.45, 7) is 4.40. The Hall–Kier alpha value is -1.37. The number of hydrogen-bond donors (Lipinski definition) is 1. The Morgan fingerprint density at radius 3 is 2.95 bits per heavy atom. The van der Waals surface area contributed by atoms with Crippen molar-refractivity contribution in [3.63, 3.8) is 0 Å². The molecule has 6 nitrogen and oxygen atoms in total. The van der Waals surface area contributed by atoms with Crippen LogP contribution in [-0.4, -0.2) is 55.5 Å². The molecule has 22 heavy (non-hydrogen) atoms. The van der Waals surface area contributed by atoms with Crippen LogP contribution in [0, 0.1) is 0 Å². The van der Waals surface area contributed by atoms with Gasteiger partial charge < -0.3 is 19.0 Å². The molecule has 0 fully saturated rings. The minimum atomic E-state index is -0.710. The Labute approximate surface area is 132 Å². The average Bonchev–Trinajstić information content (AvgIpc) is 2.98. The summed E-state index contributed by atoms with van der Waals surface area (Å²) in [5, 5.41) is 10.0. The van der Waals surface area contributed by atoms with Crippen LogP contribution in [0.4, 0.5) is 0 Å². The highest BCUT2D eigenvalue weighted by atomic mass is 16.5. The van der Waals surface area contributed by atoms with Crippen molar-refractivity contribution in [2.75, 3.05) is 33.4 Å². The molecule has 0 spiro atoms. The maximum atomic E-state index is 11.3. The lowest BCUT2D eigenvalue weighted by Crippen LogP contribution is -2.36. The van der Waals surface area contributed by atoms with Gasteiger partial charge in [0.2, 0.25) is 0 Å². The smallest absolute Gasteiger partial charge is 0.305 e. The van der Waals surface area contributed by atoms with Crippen molar-refractivity contribution in [2.24, 2.45) is 0 Å². The highest BCUT2D eigenvalue weighted by Gasteiger charge is 2.15. The summed E-state index contributed by atoms with van der Waals surface area (Å²) in [6, 6.07) is 3.74. The molecule has 1 heterocycles. The first-order valence-corrected chi connectivity index (χ1v) is 7.73. The van der Waals surface area contributed by atoms with Gasteiger partial charge in [-0.15, -0.1) is 0 Å². The Kier molecular flexibility index (Phi) is 9.54. The number of furan rings is 1. The lowest BCUT2D eigenvalue weighted by Gasteiger charge is -2.24. The number of ether oxygens (including phenoxy) is 2. The van der Waals surface area contributed by atoms with Crippen LogP contribution in [-0.2, 0) is 20.8 Å². The Morgan fingerprint density at radius 2 is 2.32 bits per heavy atom. The first-order chi connectivity index (χ1) is 10.7. The van der Waals surface area contributed by atoms with Crippen molar-refractivity contribution in [3.8, 4) is 0 Å². The molecule has 1 N–H and O–H groups in total. The van der Waals surface area contributed by atoms with Gasteiger partial charge in [0, 0.05) is 33.2 Å². The maximum Gasteiger partial charge on any atom is 0.305 e. The second kappa shape index (κ2) is 11.2. The van der Waals surface area contributed by atoms with Crippen LogP contribution < -0.4 is 0 Å². The molecule has 126 valence electrons. The van der Waals surface area contributed by atoms with E-state index in [2.05, 4.69) is 4.90 Å². The van der Waals surface area contributed by atoms with E-state index in [1.54, 1.807) is 13.4 Å². The highest BCUT2D eigenvalue weighted by Crippen LogP contribution is 2.07. The van der Waals surface area contributed by atoms with Gasteiger partial charge in [0.05, 0.1) is 12.8 Å². The molecular weight excluding hydrogens is 286 g/mol. The molecule has 0 amide bonds. The largest absolute Gasteiger partial charge is 0.468 e. The second-order valence-corrected chi connectivity index (χ2v) is 5.25. The topological polar surface area (TPSA) is 72.1 Å². The van der Waals surface area contributed by atoms with Crippen molar-refractivity contribution in [3.05, 3.63) is 24.2 Å². The first kappa shape index (κ1) is 18.7. The summed E-state index contributed by atoms with van der Waals surface area (Å²) >= 11 is 0. The van der Waals surface area contributed by atoms with E-state index >= 15 is 0 Å². The van der Waals surface area contributed by atoms with Crippen molar-refractivity contribution in [1.82, 2.24) is 4.90 Å². The molecule has 0 aliphatic rings. The third kappa shape index (κ3) is 8.17. The Morgan fingerprint density at radius 1 is 1.50 bits per heavy atom. The van der Waals surface area contributed by atoms with Crippen molar-refractivity contribution in [1.29, 1.82) is 0 Å². The fourth-order valence-corrected chi connectivity index (χ4v) is 2.11. The molecule has 0 aromatic carbocycles. The molecule has 1 atom stereocenters. The fraction of sp³-hybridized carbons (Fsp3) is 0.688.